The van der Waals surface area contributed by atoms with Crippen LogP contribution in [0.2, 0.25) is 30.1 Å². The van der Waals surface area contributed by atoms with Gasteiger partial charge in [0, 0.05) is 76.1 Å². The van der Waals surface area contributed by atoms with E-state index in [1.807, 2.05) is 83.5 Å². The van der Waals surface area contributed by atoms with Gasteiger partial charge in [-0.3, -0.25) is 0 Å². The van der Waals surface area contributed by atoms with Gasteiger partial charge in [-0.15, -0.1) is 59.5 Å². The third kappa shape index (κ3) is 17.3. The first-order chi connectivity index (χ1) is 50.0. The molecule has 0 saturated carbocycles. The number of hydrogen-bond acceptors (Lipinski definition) is 12. The van der Waals surface area contributed by atoms with E-state index in [9.17, 15) is 0 Å². The van der Waals surface area contributed by atoms with Crippen molar-refractivity contribution in [3.05, 3.63) is 263 Å². The molecule has 0 aliphatic carbocycles. The molecule has 530 valence electrons. The Labute approximate surface area is 650 Å². The van der Waals surface area contributed by atoms with Crippen molar-refractivity contribution in [1.29, 1.82) is 0 Å². The van der Waals surface area contributed by atoms with Crippen LogP contribution in [0.5, 0.6) is 0 Å². The summed E-state index contributed by atoms with van der Waals surface area (Å²) in [6, 6.07) is 63.7. The average Bonchev–Trinajstić information content (AvgIpc) is 1.64. The summed E-state index contributed by atoms with van der Waals surface area (Å²) in [5.74, 6) is 3.86. The molecule has 0 amide bonds. The van der Waals surface area contributed by atoms with Crippen molar-refractivity contribution >= 4 is 104 Å². The minimum absolute atomic E-state index is 0.300. The lowest BCUT2D eigenvalue weighted by Crippen LogP contribution is -2.04. The molecule has 0 aliphatic heterocycles. The highest BCUT2D eigenvalue weighted by atomic mass is 35.5. The second-order valence-electron chi connectivity index (χ2n) is 27.4. The van der Waals surface area contributed by atoms with Crippen LogP contribution in [0.25, 0.3) is 96.8 Å². The molecule has 0 spiro atoms. The van der Waals surface area contributed by atoms with Crippen molar-refractivity contribution in [2.45, 2.75) is 132 Å². The van der Waals surface area contributed by atoms with Crippen LogP contribution in [0.15, 0.2) is 188 Å². The largest absolute Gasteiger partial charge is 0.221 e. The van der Waals surface area contributed by atoms with E-state index in [1.54, 1.807) is 38.8 Å². The molecule has 14 aromatic rings. The lowest BCUT2D eigenvalue weighted by atomic mass is 9.94. The van der Waals surface area contributed by atoms with Crippen LogP contribution in [-0.2, 0) is 13.1 Å². The van der Waals surface area contributed by atoms with Gasteiger partial charge in [-0.1, -0.05) is 250 Å². The fourth-order valence-corrected chi connectivity index (χ4v) is 17.6. The van der Waals surface area contributed by atoms with Gasteiger partial charge >= 0.3 is 0 Å². The minimum atomic E-state index is 0.300. The first kappa shape index (κ1) is 75.5. The van der Waals surface area contributed by atoms with E-state index in [0.29, 0.717) is 60.2 Å². The van der Waals surface area contributed by atoms with Gasteiger partial charge in [-0.2, -0.15) is 10.0 Å². The molecule has 6 heterocycles. The van der Waals surface area contributed by atoms with Crippen molar-refractivity contribution in [2.75, 3.05) is 0 Å². The topological polar surface area (TPSA) is 142 Å². The van der Waals surface area contributed by atoms with Gasteiger partial charge in [0.25, 0.3) is 0 Å². The number of aromatic nitrogens is 12. The normalized spacial score (nSPS) is 11.6. The van der Waals surface area contributed by atoms with Crippen LogP contribution < -0.4 is 0 Å². The third-order valence-corrected chi connectivity index (χ3v) is 23.0. The van der Waals surface area contributed by atoms with E-state index in [0.717, 1.165) is 110 Å². The van der Waals surface area contributed by atoms with Gasteiger partial charge < -0.3 is 0 Å². The maximum Gasteiger partial charge on any atom is 0.206 e. The summed E-state index contributed by atoms with van der Waals surface area (Å²) in [6.07, 6.45) is 0. The zero-order valence-electron chi connectivity index (χ0n) is 59.7. The van der Waals surface area contributed by atoms with Crippen LogP contribution in [0.4, 0.5) is 0 Å². The fraction of sp³-hybridized carbons (Fsp3) is 0.241. The molecule has 12 nitrogen and oxygen atoms in total. The molecule has 6 aromatic heterocycles. The third-order valence-electron chi connectivity index (χ3n) is 17.9. The molecule has 0 aliphatic rings. The van der Waals surface area contributed by atoms with Crippen molar-refractivity contribution in [3.63, 3.8) is 0 Å². The summed E-state index contributed by atoms with van der Waals surface area (Å²) in [6.45, 7) is 27.4. The molecule has 21 heteroatoms. The van der Waals surface area contributed by atoms with E-state index >= 15 is 0 Å². The van der Waals surface area contributed by atoms with Crippen LogP contribution in [-0.4, -0.2) is 61.0 Å². The summed E-state index contributed by atoms with van der Waals surface area (Å²) < 4.78 is 1.88. The second kappa shape index (κ2) is 33.5. The van der Waals surface area contributed by atoms with Crippen LogP contribution in [0, 0.1) is 0 Å². The zero-order valence-corrected chi connectivity index (χ0v) is 66.7. The molecule has 1 N–H and O–H groups in total. The molecular weight excluding hydrogens is 1470 g/mol. The van der Waals surface area contributed by atoms with Gasteiger partial charge in [0.05, 0.1) is 13.1 Å². The number of nitrogens with one attached hydrogen (secondary N) is 1. The Bertz CT molecular complexity index is 5280. The lowest BCUT2D eigenvalue weighted by molar-refractivity contribution is 0.573. The predicted octanol–water partition coefficient (Wildman–Crippen LogP) is 26.5. The van der Waals surface area contributed by atoms with E-state index in [4.69, 9.17) is 74.7 Å². The monoisotopic (exact) mass is 1550 g/mol. The van der Waals surface area contributed by atoms with Crippen LogP contribution in [0.3, 0.4) is 0 Å². The van der Waals surface area contributed by atoms with E-state index < -0.39 is 0 Å². The minimum Gasteiger partial charge on any atom is -0.221 e. The number of tetrazole rings is 3. The van der Waals surface area contributed by atoms with E-state index in [-0.39, 0.29) is 0 Å². The SMILES string of the molecule is CC(C)c1cc(Cl)ccc1-c1cc(-c2nn[nH]n2)c(-c2ccc(Cl)cc2C(C)C)s1.CC(C)c1cc(Cl)ccc1-c1cc(-c2nnn(Cc3ccccc3)n2)c(-c2ccc(Cl)cc2C(C)C)s1.CC(C)c1cc(Cl)ccc1-c1cc(-c2nnnn2Cc2ccccc2)c(-c2ccc(Cl)cc2C(C)C)s1. The summed E-state index contributed by atoms with van der Waals surface area (Å²) in [4.78, 5) is 8.45. The highest BCUT2D eigenvalue weighted by Gasteiger charge is 2.27. The molecule has 14 rings (SSSR count). The summed E-state index contributed by atoms with van der Waals surface area (Å²) >= 11 is 43.4. The standard InChI is InChI=1S/2C30H28Cl2N4S.C23H22Cl2N4S/c1-18(2)25-14-21(31)10-12-23(25)28-16-27(29(37-28)24-13-11-22(32)15-26(24)19(3)4)30-33-34-35-36(30)17-20-8-6-5-7-9-20;1-18(2)25-14-21(31)10-12-23(25)28-16-27(29(37-28)24-13-11-22(32)15-26(24)19(3)4)30-33-35-36(34-30)17-20-8-6-5-7-9-20;1-12(2)18-9-14(24)5-7-16(18)21-11-20(23-26-28-29-27-23)22(30-21)17-8-6-15(25)10-19(17)13(3)4/h2*5-16,18-19H,17H2,1-4H3;5-13H,1-4H3,(H,26,27,28,29). The van der Waals surface area contributed by atoms with Gasteiger partial charge in [0.15, 0.2) is 5.82 Å². The number of thiophene rings is 3. The predicted molar refractivity (Wildman–Crippen MR) is 438 cm³/mol. The van der Waals surface area contributed by atoms with E-state index in [2.05, 4.69) is 239 Å². The van der Waals surface area contributed by atoms with Crippen LogP contribution in [0.1, 0.15) is 163 Å². The van der Waals surface area contributed by atoms with Gasteiger partial charge in [0.2, 0.25) is 11.6 Å². The molecule has 0 atom stereocenters. The number of halogens is 6. The number of rotatable bonds is 19. The first-order valence-electron chi connectivity index (χ1n) is 34.5. The van der Waals surface area contributed by atoms with E-state index in [1.165, 1.54) is 50.1 Å². The highest BCUT2D eigenvalue weighted by molar-refractivity contribution is 7.20. The van der Waals surface area contributed by atoms with Gasteiger partial charge in [-0.05, 0) is 225 Å². The van der Waals surface area contributed by atoms with Crippen molar-refractivity contribution in [3.8, 4) is 96.8 Å². The number of aromatic amines is 1. The summed E-state index contributed by atoms with van der Waals surface area (Å²) in [5, 5.41) is 45.9. The summed E-state index contributed by atoms with van der Waals surface area (Å²) in [7, 11) is 0. The maximum absolute atomic E-state index is 6.43. The molecule has 0 bridgehead atoms. The Morgan fingerprint density at radius 1 is 0.337 bits per heavy atom. The second-order valence-corrected chi connectivity index (χ2v) is 33.2. The van der Waals surface area contributed by atoms with Gasteiger partial charge in [0.1, 0.15) is 0 Å². The Kier molecular flexibility index (Phi) is 24.3. The molecule has 0 fully saturated rings. The highest BCUT2D eigenvalue weighted by Crippen LogP contribution is 2.51. The van der Waals surface area contributed by atoms with Crippen LogP contribution >= 0.6 is 104 Å². The zero-order chi connectivity index (χ0) is 73.6. The molecular formula is C83H78Cl6N12S3. The fourth-order valence-electron chi connectivity index (χ4n) is 12.7. The number of benzene rings is 8. The first-order valence-corrected chi connectivity index (χ1v) is 39.2. The molecule has 8 aromatic carbocycles. The number of H-pyrrole nitrogens is 1. The van der Waals surface area contributed by atoms with Crippen molar-refractivity contribution in [2.24, 2.45) is 0 Å². The maximum atomic E-state index is 6.43. The Balaban J connectivity index is 0.000000148. The molecule has 0 radical (unpaired) electrons. The summed E-state index contributed by atoms with van der Waals surface area (Å²) in [5.41, 5.74) is 19.4. The number of hydrogen-bond donors (Lipinski definition) is 1. The number of nitrogens with zero attached hydrogens (tertiary/aromatic N) is 11. The Hall–Kier alpha value is -8.19. The van der Waals surface area contributed by atoms with Gasteiger partial charge in [-0.25, -0.2) is 4.68 Å². The smallest absolute Gasteiger partial charge is 0.206 e. The van der Waals surface area contributed by atoms with Crippen molar-refractivity contribution in [1.82, 2.24) is 61.0 Å². The average molecular weight is 1550 g/mol. The van der Waals surface area contributed by atoms with Crippen molar-refractivity contribution < 1.29 is 0 Å². The molecule has 0 saturated heterocycles. The molecule has 104 heavy (non-hydrogen) atoms. The Morgan fingerprint density at radius 2 is 0.673 bits per heavy atom. The molecule has 0 unspecified atom stereocenters. The Morgan fingerprint density at radius 3 is 1.04 bits per heavy atom. The quantitative estimate of drug-likeness (QED) is 0.0837. The lowest BCUT2D eigenvalue weighted by Gasteiger charge is -2.14.